The maximum atomic E-state index is 13.6. The number of aromatic nitrogens is 1. The molecule has 27 heavy (non-hydrogen) atoms. The van der Waals surface area contributed by atoms with Gasteiger partial charge in [-0.3, -0.25) is 9.78 Å². The lowest BCUT2D eigenvalue weighted by Crippen LogP contribution is -2.17. The maximum Gasteiger partial charge on any atom is 0.225 e. The molecule has 7 heteroatoms. The topological polar surface area (TPSA) is 42.0 Å². The zero-order valence-electron chi connectivity index (χ0n) is 13.9. The van der Waals surface area contributed by atoms with Crippen LogP contribution in [0.1, 0.15) is 23.5 Å². The Morgan fingerprint density at radius 2 is 1.44 bits per heavy atom. The lowest BCUT2D eigenvalue weighted by Gasteiger charge is -2.18. The van der Waals surface area contributed by atoms with E-state index in [0.717, 1.165) is 6.20 Å². The quantitative estimate of drug-likeness (QED) is 0.504. The number of nitrogens with zero attached hydrogens (tertiary/aromatic N) is 1. The van der Waals surface area contributed by atoms with E-state index < -0.39 is 11.7 Å². The summed E-state index contributed by atoms with van der Waals surface area (Å²) in [5.74, 6) is -2.07. The summed E-state index contributed by atoms with van der Waals surface area (Å²) in [4.78, 5) is 16.3. The molecule has 3 aromatic rings. The number of carbonyl (C=O) groups is 1. The van der Waals surface area contributed by atoms with Crippen LogP contribution in [0.25, 0.3) is 0 Å². The number of amides is 1. The SMILES string of the molecule is O=C(CC(c1ccc(F)cc1)c1ccc(F)cc1)Nc1cncc(F)c1I. The van der Waals surface area contributed by atoms with Crippen molar-refractivity contribution in [3.63, 3.8) is 0 Å². The lowest BCUT2D eigenvalue weighted by atomic mass is 9.88. The van der Waals surface area contributed by atoms with Crippen LogP contribution in [0.4, 0.5) is 18.9 Å². The summed E-state index contributed by atoms with van der Waals surface area (Å²) in [7, 11) is 0. The molecule has 2 aromatic carbocycles. The predicted molar refractivity (Wildman–Crippen MR) is 105 cm³/mol. The summed E-state index contributed by atoms with van der Waals surface area (Å²) in [6.45, 7) is 0. The Kier molecular flexibility index (Phi) is 6.10. The first-order valence-corrected chi connectivity index (χ1v) is 9.11. The van der Waals surface area contributed by atoms with Crippen molar-refractivity contribution in [2.24, 2.45) is 0 Å². The third kappa shape index (κ3) is 4.85. The second-order valence-electron chi connectivity index (χ2n) is 5.89. The molecular weight excluding hydrogens is 468 g/mol. The fourth-order valence-electron chi connectivity index (χ4n) is 2.71. The molecular formula is C20H14F3IN2O. The van der Waals surface area contributed by atoms with Gasteiger partial charge in [0.25, 0.3) is 0 Å². The van der Waals surface area contributed by atoms with Gasteiger partial charge in [0.15, 0.2) is 5.82 Å². The molecule has 0 spiro atoms. The normalized spacial score (nSPS) is 10.9. The van der Waals surface area contributed by atoms with Crippen molar-refractivity contribution in [1.29, 1.82) is 0 Å². The van der Waals surface area contributed by atoms with Crippen LogP contribution in [-0.4, -0.2) is 10.9 Å². The predicted octanol–water partition coefficient (Wildman–Crippen LogP) is 5.26. The molecule has 0 aliphatic heterocycles. The van der Waals surface area contributed by atoms with Gasteiger partial charge in [-0.1, -0.05) is 24.3 Å². The molecule has 0 aliphatic rings. The van der Waals surface area contributed by atoms with Crippen molar-refractivity contribution >= 4 is 34.2 Å². The van der Waals surface area contributed by atoms with Crippen LogP contribution in [-0.2, 0) is 4.79 Å². The van der Waals surface area contributed by atoms with Crippen molar-refractivity contribution < 1.29 is 18.0 Å². The first-order chi connectivity index (χ1) is 12.9. The number of pyridine rings is 1. The summed E-state index contributed by atoms with van der Waals surface area (Å²) in [6, 6.07) is 11.6. The van der Waals surface area contributed by atoms with E-state index in [1.54, 1.807) is 46.9 Å². The highest BCUT2D eigenvalue weighted by atomic mass is 127. The molecule has 1 heterocycles. The molecule has 1 aromatic heterocycles. The highest BCUT2D eigenvalue weighted by Crippen LogP contribution is 2.29. The lowest BCUT2D eigenvalue weighted by molar-refractivity contribution is -0.116. The van der Waals surface area contributed by atoms with Crippen LogP contribution in [0, 0.1) is 21.0 Å². The molecule has 0 atom stereocenters. The van der Waals surface area contributed by atoms with Gasteiger partial charge < -0.3 is 5.32 Å². The largest absolute Gasteiger partial charge is 0.324 e. The van der Waals surface area contributed by atoms with E-state index in [1.165, 1.54) is 30.5 Å². The summed E-state index contributed by atoms with van der Waals surface area (Å²) in [5, 5.41) is 2.65. The van der Waals surface area contributed by atoms with Gasteiger partial charge in [-0.15, -0.1) is 0 Å². The van der Waals surface area contributed by atoms with Crippen LogP contribution < -0.4 is 5.32 Å². The highest BCUT2D eigenvalue weighted by Gasteiger charge is 2.20. The molecule has 0 saturated carbocycles. The highest BCUT2D eigenvalue weighted by molar-refractivity contribution is 14.1. The van der Waals surface area contributed by atoms with Gasteiger partial charge in [-0.05, 0) is 58.0 Å². The van der Waals surface area contributed by atoms with Gasteiger partial charge in [0, 0.05) is 12.3 Å². The molecule has 3 nitrogen and oxygen atoms in total. The first kappa shape index (κ1) is 19.3. The minimum absolute atomic E-state index is 0.0177. The van der Waals surface area contributed by atoms with Crippen molar-refractivity contribution in [2.45, 2.75) is 12.3 Å². The zero-order valence-corrected chi connectivity index (χ0v) is 16.1. The Morgan fingerprint density at radius 3 is 1.96 bits per heavy atom. The van der Waals surface area contributed by atoms with E-state index in [2.05, 4.69) is 10.3 Å². The number of anilines is 1. The van der Waals surface area contributed by atoms with Gasteiger partial charge >= 0.3 is 0 Å². The summed E-state index contributed by atoms with van der Waals surface area (Å²) >= 11 is 1.79. The van der Waals surface area contributed by atoms with Crippen LogP contribution in [0.3, 0.4) is 0 Å². The van der Waals surface area contributed by atoms with E-state index >= 15 is 0 Å². The molecule has 1 amide bonds. The van der Waals surface area contributed by atoms with Gasteiger partial charge in [0.2, 0.25) is 5.91 Å². The Labute approximate surface area is 167 Å². The molecule has 0 fully saturated rings. The maximum absolute atomic E-state index is 13.6. The van der Waals surface area contributed by atoms with Crippen molar-refractivity contribution in [2.75, 3.05) is 5.32 Å². The first-order valence-electron chi connectivity index (χ1n) is 8.04. The smallest absolute Gasteiger partial charge is 0.225 e. The molecule has 1 N–H and O–H groups in total. The van der Waals surface area contributed by atoms with E-state index in [-0.39, 0.29) is 33.2 Å². The van der Waals surface area contributed by atoms with Gasteiger partial charge in [0.1, 0.15) is 11.6 Å². The Balaban J connectivity index is 1.86. The fraction of sp³-hybridized carbons (Fsp3) is 0.100. The number of nitrogens with one attached hydrogen (secondary N) is 1. The number of rotatable bonds is 5. The number of carbonyl (C=O) groups excluding carboxylic acids is 1. The molecule has 0 bridgehead atoms. The van der Waals surface area contributed by atoms with E-state index in [1.807, 2.05) is 0 Å². The van der Waals surface area contributed by atoms with Gasteiger partial charge in [-0.25, -0.2) is 13.2 Å². The Morgan fingerprint density at radius 1 is 0.926 bits per heavy atom. The van der Waals surface area contributed by atoms with Crippen LogP contribution in [0.2, 0.25) is 0 Å². The number of benzene rings is 2. The number of hydrogen-bond donors (Lipinski definition) is 1. The van der Waals surface area contributed by atoms with Gasteiger partial charge in [0.05, 0.1) is 21.7 Å². The van der Waals surface area contributed by atoms with E-state index in [4.69, 9.17) is 0 Å². The minimum Gasteiger partial charge on any atom is -0.324 e. The average molecular weight is 482 g/mol. The standard InChI is InChI=1S/C20H14F3IN2O/c21-14-5-1-12(2-6-14)16(13-3-7-15(22)8-4-13)9-19(27)26-18-11-25-10-17(23)20(18)24/h1-8,10-11,16H,9H2,(H,26,27). The third-order valence-corrected chi connectivity index (χ3v) is 5.14. The zero-order chi connectivity index (χ0) is 19.4. The minimum atomic E-state index is -0.526. The van der Waals surface area contributed by atoms with Gasteiger partial charge in [-0.2, -0.15) is 0 Å². The molecule has 0 aliphatic carbocycles. The number of hydrogen-bond acceptors (Lipinski definition) is 2. The molecule has 0 radical (unpaired) electrons. The second kappa shape index (κ2) is 8.51. The van der Waals surface area contributed by atoms with Crippen LogP contribution in [0.5, 0.6) is 0 Å². The monoisotopic (exact) mass is 482 g/mol. The van der Waals surface area contributed by atoms with E-state index in [0.29, 0.717) is 11.1 Å². The average Bonchev–Trinajstić information content (AvgIpc) is 2.65. The molecule has 3 rings (SSSR count). The summed E-state index contributed by atoms with van der Waals surface area (Å²) in [6.07, 6.45) is 2.45. The van der Waals surface area contributed by atoms with Crippen molar-refractivity contribution in [3.8, 4) is 0 Å². The van der Waals surface area contributed by atoms with Crippen LogP contribution >= 0.6 is 22.6 Å². The molecule has 0 saturated heterocycles. The number of halogens is 4. The van der Waals surface area contributed by atoms with Crippen molar-refractivity contribution in [3.05, 3.63) is 93.1 Å². The fourth-order valence-corrected chi connectivity index (χ4v) is 3.12. The summed E-state index contributed by atoms with van der Waals surface area (Å²) < 4.78 is 40.4. The van der Waals surface area contributed by atoms with Crippen molar-refractivity contribution in [1.82, 2.24) is 4.98 Å². The summed E-state index contributed by atoms with van der Waals surface area (Å²) in [5.41, 5.74) is 1.70. The second-order valence-corrected chi connectivity index (χ2v) is 6.97. The molecule has 138 valence electrons. The Hall–Kier alpha value is -2.42. The van der Waals surface area contributed by atoms with Crippen LogP contribution in [0.15, 0.2) is 60.9 Å². The Bertz CT molecular complexity index is 901. The third-order valence-electron chi connectivity index (χ3n) is 4.05. The van der Waals surface area contributed by atoms with E-state index in [9.17, 15) is 18.0 Å². The molecule has 0 unspecified atom stereocenters.